The molecule has 0 fully saturated rings. The zero-order valence-electron chi connectivity index (χ0n) is 11.0. The van der Waals surface area contributed by atoms with Gasteiger partial charge in [-0.15, -0.1) is 0 Å². The second-order valence-corrected chi connectivity index (χ2v) is 4.70. The maximum atomic E-state index is 12.0. The number of alkyl halides is 3. The third-order valence-electron chi connectivity index (χ3n) is 2.43. The summed E-state index contributed by atoms with van der Waals surface area (Å²) in [6, 6.07) is 4.24. The molecule has 1 aromatic rings. The number of nitrogens with zero attached hydrogens (tertiary/aromatic N) is 1. The van der Waals surface area contributed by atoms with Crippen LogP contribution >= 0.6 is 11.6 Å². The highest BCUT2D eigenvalue weighted by Gasteiger charge is 2.28. The Labute approximate surface area is 123 Å². The lowest BCUT2D eigenvalue weighted by Crippen LogP contribution is -2.41. The van der Waals surface area contributed by atoms with Crippen LogP contribution in [0, 0.1) is 0 Å². The molecule has 0 saturated heterocycles. The number of rotatable bonds is 4. The maximum Gasteiger partial charge on any atom is 0.405 e. The standard InChI is InChI=1S/C12H13ClF3N3O2/c1-19(5-10(20)18-6-12(14,15)16)11(21)8-4-7(17)2-3-9(8)13/h2-4H,5-6,17H2,1H3,(H,18,20). The van der Waals surface area contributed by atoms with Gasteiger partial charge in [0.2, 0.25) is 5.91 Å². The summed E-state index contributed by atoms with van der Waals surface area (Å²) < 4.78 is 35.8. The highest BCUT2D eigenvalue weighted by molar-refractivity contribution is 6.34. The number of carbonyl (C=O) groups is 2. The smallest absolute Gasteiger partial charge is 0.399 e. The van der Waals surface area contributed by atoms with E-state index in [4.69, 9.17) is 17.3 Å². The van der Waals surface area contributed by atoms with E-state index in [0.29, 0.717) is 5.69 Å². The first-order valence-electron chi connectivity index (χ1n) is 5.74. The number of nitrogens with two attached hydrogens (primary N) is 1. The van der Waals surface area contributed by atoms with Gasteiger partial charge in [-0.1, -0.05) is 11.6 Å². The molecule has 5 nitrogen and oxygen atoms in total. The normalized spacial score (nSPS) is 11.1. The van der Waals surface area contributed by atoms with Crippen molar-refractivity contribution in [1.29, 1.82) is 0 Å². The number of benzene rings is 1. The van der Waals surface area contributed by atoms with E-state index in [1.165, 1.54) is 25.2 Å². The number of amides is 2. The van der Waals surface area contributed by atoms with Crippen molar-refractivity contribution >= 4 is 29.1 Å². The van der Waals surface area contributed by atoms with Crippen LogP contribution in [-0.2, 0) is 4.79 Å². The first kappa shape index (κ1) is 17.1. The second kappa shape index (κ2) is 6.66. The molecular formula is C12H13ClF3N3O2. The number of anilines is 1. The fourth-order valence-corrected chi connectivity index (χ4v) is 1.65. The SMILES string of the molecule is CN(CC(=O)NCC(F)(F)F)C(=O)c1cc(N)ccc1Cl. The molecule has 0 spiro atoms. The van der Waals surface area contributed by atoms with Crippen LogP contribution in [0.3, 0.4) is 0 Å². The predicted molar refractivity (Wildman–Crippen MR) is 71.9 cm³/mol. The van der Waals surface area contributed by atoms with Gasteiger partial charge in [-0.05, 0) is 18.2 Å². The summed E-state index contributed by atoms with van der Waals surface area (Å²) in [5.74, 6) is -1.54. The number of nitrogens with one attached hydrogen (secondary N) is 1. The van der Waals surface area contributed by atoms with Crippen LogP contribution in [0.4, 0.5) is 18.9 Å². The van der Waals surface area contributed by atoms with Crippen molar-refractivity contribution in [3.63, 3.8) is 0 Å². The van der Waals surface area contributed by atoms with Crippen LogP contribution in [0.25, 0.3) is 0 Å². The van der Waals surface area contributed by atoms with Crippen molar-refractivity contribution in [1.82, 2.24) is 10.2 Å². The molecule has 2 amide bonds. The molecule has 0 bridgehead atoms. The highest BCUT2D eigenvalue weighted by atomic mass is 35.5. The molecule has 0 atom stereocenters. The predicted octanol–water partition coefficient (Wildman–Crippen LogP) is 1.67. The molecule has 0 radical (unpaired) electrons. The van der Waals surface area contributed by atoms with Gasteiger partial charge in [0.15, 0.2) is 0 Å². The Morgan fingerprint density at radius 1 is 1.38 bits per heavy atom. The van der Waals surface area contributed by atoms with Crippen LogP contribution in [-0.4, -0.2) is 43.0 Å². The molecule has 0 saturated carbocycles. The van der Waals surface area contributed by atoms with Crippen LogP contribution in [0.2, 0.25) is 5.02 Å². The number of hydrogen-bond donors (Lipinski definition) is 2. The van der Waals surface area contributed by atoms with Crippen LogP contribution in [0.1, 0.15) is 10.4 Å². The van der Waals surface area contributed by atoms with Gasteiger partial charge in [0.25, 0.3) is 5.91 Å². The molecular weight excluding hydrogens is 311 g/mol. The van der Waals surface area contributed by atoms with Crippen LogP contribution in [0.5, 0.6) is 0 Å². The number of likely N-dealkylation sites (N-methyl/N-ethyl adjacent to an activating group) is 1. The first-order chi connectivity index (χ1) is 9.60. The molecule has 3 N–H and O–H groups in total. The quantitative estimate of drug-likeness (QED) is 0.828. The van der Waals surface area contributed by atoms with Gasteiger partial charge >= 0.3 is 6.18 Å². The van der Waals surface area contributed by atoms with Crippen molar-refractivity contribution in [2.75, 3.05) is 25.9 Å². The lowest BCUT2D eigenvalue weighted by Gasteiger charge is -2.18. The number of carbonyl (C=O) groups excluding carboxylic acids is 2. The summed E-state index contributed by atoms with van der Waals surface area (Å²) >= 11 is 5.84. The van der Waals surface area contributed by atoms with Gasteiger partial charge in [0.05, 0.1) is 17.1 Å². The molecule has 0 aliphatic rings. The lowest BCUT2D eigenvalue weighted by atomic mass is 10.2. The fraction of sp³-hybridized carbons (Fsp3) is 0.333. The summed E-state index contributed by atoms with van der Waals surface area (Å²) in [7, 11) is 1.27. The number of hydrogen-bond acceptors (Lipinski definition) is 3. The molecule has 1 rings (SSSR count). The number of nitrogen functional groups attached to an aromatic ring is 1. The van der Waals surface area contributed by atoms with Gasteiger partial charge in [0, 0.05) is 12.7 Å². The zero-order chi connectivity index (χ0) is 16.2. The fourth-order valence-electron chi connectivity index (χ4n) is 1.45. The molecule has 116 valence electrons. The van der Waals surface area contributed by atoms with E-state index < -0.39 is 31.1 Å². The van der Waals surface area contributed by atoms with E-state index in [2.05, 4.69) is 0 Å². The van der Waals surface area contributed by atoms with Crippen molar-refractivity contribution in [3.05, 3.63) is 28.8 Å². The molecule has 0 heterocycles. The minimum Gasteiger partial charge on any atom is -0.399 e. The molecule has 1 aromatic carbocycles. The molecule has 0 aromatic heterocycles. The third-order valence-corrected chi connectivity index (χ3v) is 2.76. The molecule has 9 heteroatoms. The van der Waals surface area contributed by atoms with Crippen LogP contribution < -0.4 is 11.1 Å². The Morgan fingerprint density at radius 3 is 2.57 bits per heavy atom. The van der Waals surface area contributed by atoms with E-state index >= 15 is 0 Å². The Bertz CT molecular complexity index is 549. The summed E-state index contributed by atoms with van der Waals surface area (Å²) in [6.45, 7) is -1.98. The van der Waals surface area contributed by atoms with Crippen molar-refractivity contribution < 1.29 is 22.8 Å². The topological polar surface area (TPSA) is 75.4 Å². The summed E-state index contributed by atoms with van der Waals surface area (Å²) in [5, 5.41) is 1.81. The minimum atomic E-state index is -4.50. The summed E-state index contributed by atoms with van der Waals surface area (Å²) in [4.78, 5) is 24.3. The van der Waals surface area contributed by atoms with Crippen molar-refractivity contribution in [3.8, 4) is 0 Å². The average Bonchev–Trinajstić information content (AvgIpc) is 2.37. The van der Waals surface area contributed by atoms with Gasteiger partial charge in [-0.3, -0.25) is 9.59 Å². The van der Waals surface area contributed by atoms with E-state index in [9.17, 15) is 22.8 Å². The Morgan fingerprint density at radius 2 is 2.00 bits per heavy atom. The lowest BCUT2D eigenvalue weighted by molar-refractivity contribution is -0.138. The highest BCUT2D eigenvalue weighted by Crippen LogP contribution is 2.20. The molecule has 21 heavy (non-hydrogen) atoms. The van der Waals surface area contributed by atoms with Crippen molar-refractivity contribution in [2.24, 2.45) is 0 Å². The van der Waals surface area contributed by atoms with Crippen molar-refractivity contribution in [2.45, 2.75) is 6.18 Å². The molecule has 0 aliphatic carbocycles. The average molecular weight is 324 g/mol. The Hall–Kier alpha value is -1.96. The zero-order valence-corrected chi connectivity index (χ0v) is 11.8. The van der Waals surface area contributed by atoms with E-state index in [1.807, 2.05) is 0 Å². The van der Waals surface area contributed by atoms with Gasteiger partial charge < -0.3 is 16.0 Å². The first-order valence-corrected chi connectivity index (χ1v) is 6.12. The van der Waals surface area contributed by atoms with E-state index in [-0.39, 0.29) is 10.6 Å². The minimum absolute atomic E-state index is 0.0720. The number of halogens is 4. The van der Waals surface area contributed by atoms with Crippen LogP contribution in [0.15, 0.2) is 18.2 Å². The maximum absolute atomic E-state index is 12.0. The third kappa shape index (κ3) is 5.50. The Balaban J connectivity index is 2.66. The largest absolute Gasteiger partial charge is 0.405 e. The molecule has 0 unspecified atom stereocenters. The van der Waals surface area contributed by atoms with E-state index in [1.54, 1.807) is 5.32 Å². The second-order valence-electron chi connectivity index (χ2n) is 4.29. The van der Waals surface area contributed by atoms with Gasteiger partial charge in [0.1, 0.15) is 6.54 Å². The van der Waals surface area contributed by atoms with Gasteiger partial charge in [-0.25, -0.2) is 0 Å². The van der Waals surface area contributed by atoms with Gasteiger partial charge in [-0.2, -0.15) is 13.2 Å². The Kier molecular flexibility index (Phi) is 5.42. The summed E-state index contributed by atoms with van der Waals surface area (Å²) in [6.07, 6.45) is -4.50. The monoisotopic (exact) mass is 323 g/mol. The summed E-state index contributed by atoms with van der Waals surface area (Å²) in [5.41, 5.74) is 5.90. The molecule has 0 aliphatic heterocycles. The van der Waals surface area contributed by atoms with E-state index in [0.717, 1.165) is 4.90 Å².